The van der Waals surface area contributed by atoms with E-state index < -0.39 is 23.7 Å². The summed E-state index contributed by atoms with van der Waals surface area (Å²) in [5, 5.41) is 9.64. The number of esters is 1. The summed E-state index contributed by atoms with van der Waals surface area (Å²) in [6, 6.07) is 14.3. The number of hydrogen-bond donors (Lipinski definition) is 1. The fraction of sp³-hybridized carbons (Fsp3) is 0.424. The maximum absolute atomic E-state index is 15.0. The van der Waals surface area contributed by atoms with E-state index in [1.165, 1.54) is 7.11 Å². The summed E-state index contributed by atoms with van der Waals surface area (Å²) in [5.41, 5.74) is 2.99. The lowest BCUT2D eigenvalue weighted by Crippen LogP contribution is -2.36. The number of ether oxygens (including phenoxy) is 2. The Labute approximate surface area is 241 Å². The number of benzene rings is 2. The molecule has 1 saturated carbocycles. The highest BCUT2D eigenvalue weighted by molar-refractivity contribution is 5.91. The number of carboxylic acids is 1. The van der Waals surface area contributed by atoms with E-state index in [9.17, 15) is 19.1 Å². The molecule has 0 aliphatic heterocycles. The Bertz CT molecular complexity index is 1390. The normalized spacial score (nSPS) is 14.8. The first-order valence-corrected chi connectivity index (χ1v) is 14.1. The van der Waals surface area contributed by atoms with Crippen LogP contribution in [0.25, 0.3) is 11.1 Å². The molecule has 0 bridgehead atoms. The van der Waals surface area contributed by atoms with Gasteiger partial charge in [0.05, 0.1) is 24.8 Å². The number of carbonyl (C=O) groups is 2. The second-order valence-electron chi connectivity index (χ2n) is 11.4. The van der Waals surface area contributed by atoms with E-state index in [0.29, 0.717) is 40.8 Å². The quantitative estimate of drug-likeness (QED) is 0.189. The van der Waals surface area contributed by atoms with E-state index in [2.05, 4.69) is 37.6 Å². The third-order valence-corrected chi connectivity index (χ3v) is 7.86. The van der Waals surface area contributed by atoms with Crippen LogP contribution in [0.5, 0.6) is 11.6 Å². The largest absolute Gasteiger partial charge is 0.481 e. The maximum Gasteiger partial charge on any atom is 0.343 e. The molecule has 3 aromatic rings. The molecule has 1 N–H and O–H groups in total. The fourth-order valence-electron chi connectivity index (χ4n) is 5.54. The van der Waals surface area contributed by atoms with Crippen molar-refractivity contribution in [2.45, 2.75) is 72.0 Å². The molecule has 0 unspecified atom stereocenters. The van der Waals surface area contributed by atoms with Gasteiger partial charge in [0.1, 0.15) is 11.6 Å². The molecule has 8 heteroatoms. The summed E-state index contributed by atoms with van der Waals surface area (Å²) in [6.45, 7) is 10.6. The maximum atomic E-state index is 15.0. The summed E-state index contributed by atoms with van der Waals surface area (Å²) < 4.78 is 26.0. The molecule has 0 spiro atoms. The van der Waals surface area contributed by atoms with Gasteiger partial charge in [-0.05, 0) is 93.3 Å². The number of carboxylic acid groups (broad SMARTS) is 1. The van der Waals surface area contributed by atoms with E-state index in [4.69, 9.17) is 9.47 Å². The minimum Gasteiger partial charge on any atom is -0.481 e. The van der Waals surface area contributed by atoms with Crippen LogP contribution in [-0.4, -0.2) is 46.1 Å². The molecule has 0 amide bonds. The summed E-state index contributed by atoms with van der Waals surface area (Å²) in [7, 11) is 1.48. The molecule has 1 aliphatic rings. The van der Waals surface area contributed by atoms with Gasteiger partial charge in [0.2, 0.25) is 5.88 Å². The molecule has 1 aromatic heterocycles. The molecular formula is C33H39FN2O5. The van der Waals surface area contributed by atoms with Crippen molar-refractivity contribution in [2.24, 2.45) is 11.8 Å². The van der Waals surface area contributed by atoms with E-state index in [0.717, 1.165) is 30.2 Å². The van der Waals surface area contributed by atoms with Crippen molar-refractivity contribution < 1.29 is 28.6 Å². The third-order valence-electron chi connectivity index (χ3n) is 7.86. The van der Waals surface area contributed by atoms with Crippen molar-refractivity contribution >= 4 is 11.9 Å². The summed E-state index contributed by atoms with van der Waals surface area (Å²) in [5.74, 6) is -1.63. The van der Waals surface area contributed by atoms with E-state index >= 15 is 0 Å². The van der Waals surface area contributed by atoms with Crippen LogP contribution < -0.4 is 9.47 Å². The number of nitrogens with zero attached hydrogens (tertiary/aromatic N) is 2. The number of aromatic nitrogens is 1. The van der Waals surface area contributed by atoms with Crippen molar-refractivity contribution in [3.63, 3.8) is 0 Å². The van der Waals surface area contributed by atoms with Gasteiger partial charge in [-0.1, -0.05) is 25.1 Å². The smallest absolute Gasteiger partial charge is 0.343 e. The van der Waals surface area contributed by atoms with Crippen molar-refractivity contribution in [3.8, 4) is 22.8 Å². The first-order valence-electron chi connectivity index (χ1n) is 14.1. The van der Waals surface area contributed by atoms with Gasteiger partial charge in [-0.15, -0.1) is 0 Å². The van der Waals surface area contributed by atoms with Crippen LogP contribution in [0.3, 0.4) is 0 Å². The second kappa shape index (κ2) is 12.8. The van der Waals surface area contributed by atoms with Crippen LogP contribution in [0.1, 0.15) is 74.9 Å². The molecule has 0 radical (unpaired) electrons. The Hall–Kier alpha value is -3.78. The fourth-order valence-corrected chi connectivity index (χ4v) is 5.54. The molecule has 1 fully saturated rings. The highest BCUT2D eigenvalue weighted by Gasteiger charge is 2.38. The summed E-state index contributed by atoms with van der Waals surface area (Å²) in [6.07, 6.45) is 3.11. The number of methoxy groups -OCH3 is 1. The standard InChI is InChI=1S/C33H39FN2O5/c1-19(2)36(20(3)4)18-25-15-26(12-13-27(25)28-16-30(40-6)35-17-29(28)34)41-33(39)24-9-7-8-23(14-24)31(22-10-11-22)21(5)32(37)38/h7-9,12-17,19-22,31H,10-11,18H2,1-6H3,(H,37,38)/t21-,31-/m0/s1. The van der Waals surface area contributed by atoms with Gasteiger partial charge >= 0.3 is 11.9 Å². The molecule has 218 valence electrons. The summed E-state index contributed by atoms with van der Waals surface area (Å²) in [4.78, 5) is 31.3. The number of pyridine rings is 1. The molecule has 0 saturated heterocycles. The average Bonchev–Trinajstić information content (AvgIpc) is 3.77. The van der Waals surface area contributed by atoms with Crippen molar-refractivity contribution in [1.82, 2.24) is 9.88 Å². The topological polar surface area (TPSA) is 89.0 Å². The van der Waals surface area contributed by atoms with Crippen molar-refractivity contribution in [1.29, 1.82) is 0 Å². The first-order chi connectivity index (χ1) is 19.5. The Morgan fingerprint density at radius 2 is 1.73 bits per heavy atom. The lowest BCUT2D eigenvalue weighted by atomic mass is 9.83. The van der Waals surface area contributed by atoms with Gasteiger partial charge in [-0.2, -0.15) is 0 Å². The Kier molecular flexibility index (Phi) is 9.43. The minimum atomic E-state index is -0.845. The average molecular weight is 563 g/mol. The molecular weight excluding hydrogens is 523 g/mol. The van der Waals surface area contributed by atoms with E-state index in [1.807, 2.05) is 6.07 Å². The third kappa shape index (κ3) is 7.11. The highest BCUT2D eigenvalue weighted by Crippen LogP contribution is 2.47. The van der Waals surface area contributed by atoms with Crippen molar-refractivity contribution in [3.05, 3.63) is 77.2 Å². The van der Waals surface area contributed by atoms with Gasteiger partial charge < -0.3 is 14.6 Å². The van der Waals surface area contributed by atoms with Crippen LogP contribution >= 0.6 is 0 Å². The van der Waals surface area contributed by atoms with Gasteiger partial charge in [0.25, 0.3) is 0 Å². The zero-order valence-electron chi connectivity index (χ0n) is 24.6. The number of hydrogen-bond acceptors (Lipinski definition) is 6. The number of aliphatic carboxylic acids is 1. The van der Waals surface area contributed by atoms with E-state index in [1.54, 1.807) is 49.4 Å². The zero-order chi connectivity index (χ0) is 29.8. The predicted octanol–water partition coefficient (Wildman–Crippen LogP) is 6.95. The molecule has 4 rings (SSSR count). The second-order valence-corrected chi connectivity index (χ2v) is 11.4. The Morgan fingerprint density at radius 1 is 1.02 bits per heavy atom. The zero-order valence-corrected chi connectivity index (χ0v) is 24.6. The minimum absolute atomic E-state index is 0.156. The van der Waals surface area contributed by atoms with Gasteiger partial charge in [0, 0.05) is 30.3 Å². The number of carbonyl (C=O) groups excluding carboxylic acids is 1. The van der Waals surface area contributed by atoms with E-state index in [-0.39, 0.29) is 18.0 Å². The highest BCUT2D eigenvalue weighted by atomic mass is 19.1. The van der Waals surface area contributed by atoms with Crippen molar-refractivity contribution in [2.75, 3.05) is 7.11 Å². The molecule has 1 aliphatic carbocycles. The number of halogens is 1. The Morgan fingerprint density at radius 3 is 2.34 bits per heavy atom. The summed E-state index contributed by atoms with van der Waals surface area (Å²) >= 11 is 0. The Balaban J connectivity index is 1.67. The van der Waals surface area contributed by atoms with Crippen LogP contribution in [-0.2, 0) is 11.3 Å². The SMILES string of the molecule is COc1cc(-c2ccc(OC(=O)c3cccc([C@H](C4CC4)[C@H](C)C(=O)O)c3)cc2CN(C(C)C)C(C)C)c(F)cn1. The van der Waals surface area contributed by atoms with Crippen LogP contribution in [0.15, 0.2) is 54.7 Å². The predicted molar refractivity (Wildman–Crippen MR) is 156 cm³/mol. The molecule has 1 heterocycles. The van der Waals surface area contributed by atoms with Gasteiger partial charge in [0.15, 0.2) is 0 Å². The first kappa shape index (κ1) is 30.2. The van der Waals surface area contributed by atoms with Crippen LogP contribution in [0.4, 0.5) is 4.39 Å². The van der Waals surface area contributed by atoms with Crippen LogP contribution in [0, 0.1) is 17.7 Å². The lowest BCUT2D eigenvalue weighted by molar-refractivity contribution is -0.142. The molecule has 2 aromatic carbocycles. The lowest BCUT2D eigenvalue weighted by Gasteiger charge is -2.31. The van der Waals surface area contributed by atoms with Crippen LogP contribution in [0.2, 0.25) is 0 Å². The van der Waals surface area contributed by atoms with Gasteiger partial charge in [-0.3, -0.25) is 9.69 Å². The monoisotopic (exact) mass is 562 g/mol. The van der Waals surface area contributed by atoms with Gasteiger partial charge in [-0.25, -0.2) is 14.2 Å². The molecule has 7 nitrogen and oxygen atoms in total. The molecule has 2 atom stereocenters. The molecule has 41 heavy (non-hydrogen) atoms. The number of rotatable bonds is 12.